The number of aliphatic imine (C=N–C) groups is 1. The van der Waals surface area contributed by atoms with E-state index in [2.05, 4.69) is 21.9 Å². The van der Waals surface area contributed by atoms with Crippen molar-refractivity contribution in [3.05, 3.63) is 58.6 Å². The number of halogens is 1. The number of ether oxygens (including phenoxy) is 2. The van der Waals surface area contributed by atoms with Crippen LogP contribution in [0.5, 0.6) is 11.5 Å². The van der Waals surface area contributed by atoms with E-state index < -0.39 is 0 Å². The summed E-state index contributed by atoms with van der Waals surface area (Å²) in [6.45, 7) is 6.42. The van der Waals surface area contributed by atoms with Crippen molar-refractivity contribution in [3.8, 4) is 11.5 Å². The normalized spacial score (nSPS) is 23.9. The molecular formula is C35H47ClN4O3. The van der Waals surface area contributed by atoms with Crippen LogP contribution in [0.2, 0.25) is 5.02 Å². The van der Waals surface area contributed by atoms with E-state index in [0.29, 0.717) is 35.2 Å². The van der Waals surface area contributed by atoms with E-state index in [0.717, 1.165) is 49.2 Å². The standard InChI is InChI=1S/C35H47ClN4O3/c1-3-43-32-24-29(42-2)15-16-30(32)34-37-31(23-25-9-5-4-6-10-25)33(26-11-13-27(36)14-12-26)40(34)35(41)39-21-17-28(18-22-39)38-19-7-8-20-38/h11-16,24-25,28,31,33H,3-10,17-23H2,1-2H3. The minimum atomic E-state index is -0.199. The van der Waals surface area contributed by atoms with Gasteiger partial charge in [-0.1, -0.05) is 55.8 Å². The van der Waals surface area contributed by atoms with Crippen molar-refractivity contribution >= 4 is 23.5 Å². The highest BCUT2D eigenvalue weighted by Crippen LogP contribution is 2.42. The van der Waals surface area contributed by atoms with Crippen molar-refractivity contribution in [2.24, 2.45) is 10.9 Å². The second-order valence-electron chi connectivity index (χ2n) is 12.7. The lowest BCUT2D eigenvalue weighted by Crippen LogP contribution is -2.52. The van der Waals surface area contributed by atoms with Crippen LogP contribution in [0.4, 0.5) is 4.79 Å². The Bertz CT molecular complexity index is 1260. The van der Waals surface area contributed by atoms with E-state index in [-0.39, 0.29) is 18.1 Å². The summed E-state index contributed by atoms with van der Waals surface area (Å²) in [5, 5.41) is 0.697. The van der Waals surface area contributed by atoms with Gasteiger partial charge in [-0.2, -0.15) is 0 Å². The first-order valence-corrected chi connectivity index (χ1v) is 16.9. The first kappa shape index (κ1) is 30.3. The molecular weight excluding hydrogens is 560 g/mol. The molecule has 43 heavy (non-hydrogen) atoms. The lowest BCUT2D eigenvalue weighted by molar-refractivity contribution is 0.116. The first-order valence-electron chi connectivity index (χ1n) is 16.5. The quantitative estimate of drug-likeness (QED) is 0.311. The molecule has 2 unspecified atom stereocenters. The van der Waals surface area contributed by atoms with Crippen LogP contribution in [-0.2, 0) is 0 Å². The van der Waals surface area contributed by atoms with Crippen LogP contribution in [0.15, 0.2) is 47.5 Å². The molecule has 2 aromatic carbocycles. The Hall–Kier alpha value is -2.77. The Kier molecular flexibility index (Phi) is 9.78. The summed E-state index contributed by atoms with van der Waals surface area (Å²) < 4.78 is 11.7. The molecule has 0 N–H and O–H groups in total. The van der Waals surface area contributed by atoms with E-state index in [1.54, 1.807) is 7.11 Å². The number of rotatable bonds is 8. The number of amides is 2. The number of urea groups is 1. The van der Waals surface area contributed by atoms with Crippen LogP contribution in [0.25, 0.3) is 0 Å². The van der Waals surface area contributed by atoms with Gasteiger partial charge in [0.1, 0.15) is 17.3 Å². The maximum atomic E-state index is 14.8. The van der Waals surface area contributed by atoms with Crippen molar-refractivity contribution in [2.75, 3.05) is 39.9 Å². The van der Waals surface area contributed by atoms with Crippen LogP contribution < -0.4 is 9.47 Å². The van der Waals surface area contributed by atoms with E-state index in [1.807, 2.05) is 42.2 Å². The summed E-state index contributed by atoms with van der Waals surface area (Å²) in [4.78, 5) is 26.9. The molecule has 0 spiro atoms. The minimum absolute atomic E-state index is 0.0399. The number of amidine groups is 1. The van der Waals surface area contributed by atoms with Crippen molar-refractivity contribution in [1.29, 1.82) is 0 Å². The maximum Gasteiger partial charge on any atom is 0.326 e. The van der Waals surface area contributed by atoms with Crippen LogP contribution in [-0.4, -0.2) is 78.5 Å². The number of benzene rings is 2. The molecule has 2 amide bonds. The zero-order chi connectivity index (χ0) is 29.8. The molecule has 0 aromatic heterocycles. The maximum absolute atomic E-state index is 14.8. The van der Waals surface area contributed by atoms with E-state index in [9.17, 15) is 4.79 Å². The molecule has 2 saturated heterocycles. The third kappa shape index (κ3) is 6.68. The molecule has 1 aliphatic carbocycles. The summed E-state index contributed by atoms with van der Waals surface area (Å²) in [5.41, 5.74) is 1.92. The average molecular weight is 607 g/mol. The van der Waals surface area contributed by atoms with Crippen molar-refractivity contribution in [1.82, 2.24) is 14.7 Å². The lowest BCUT2D eigenvalue weighted by atomic mass is 9.82. The average Bonchev–Trinajstić information content (AvgIpc) is 3.71. The number of carbonyl (C=O) groups is 1. The van der Waals surface area contributed by atoms with Gasteiger partial charge < -0.3 is 19.3 Å². The van der Waals surface area contributed by atoms with Gasteiger partial charge in [-0.3, -0.25) is 9.89 Å². The highest BCUT2D eigenvalue weighted by atomic mass is 35.5. The summed E-state index contributed by atoms with van der Waals surface area (Å²) in [6.07, 6.45) is 12.0. The summed E-state index contributed by atoms with van der Waals surface area (Å²) in [7, 11) is 1.66. The van der Waals surface area contributed by atoms with Crippen molar-refractivity contribution in [3.63, 3.8) is 0 Å². The van der Waals surface area contributed by atoms with Gasteiger partial charge in [-0.25, -0.2) is 4.79 Å². The molecule has 1 saturated carbocycles. The number of hydrogen-bond acceptors (Lipinski definition) is 5. The van der Waals surface area contributed by atoms with Gasteiger partial charge >= 0.3 is 6.03 Å². The SMILES string of the molecule is CCOc1cc(OC)ccc1C1=NC(CC2CCCCC2)C(c2ccc(Cl)cc2)N1C(=O)N1CCC(N2CCCC2)CC1. The molecule has 3 aliphatic heterocycles. The number of methoxy groups -OCH3 is 1. The molecule has 6 rings (SSSR count). The molecule has 3 fully saturated rings. The summed E-state index contributed by atoms with van der Waals surface area (Å²) in [6, 6.07) is 14.3. The van der Waals surface area contributed by atoms with Gasteiger partial charge in [0.05, 0.1) is 31.4 Å². The highest BCUT2D eigenvalue weighted by molar-refractivity contribution is 6.30. The third-order valence-corrected chi connectivity index (χ3v) is 10.2. The van der Waals surface area contributed by atoms with Gasteiger partial charge in [0.15, 0.2) is 0 Å². The van der Waals surface area contributed by atoms with Gasteiger partial charge in [0.2, 0.25) is 0 Å². The topological polar surface area (TPSA) is 57.6 Å². The van der Waals surface area contributed by atoms with Gasteiger partial charge in [-0.05, 0) is 87.9 Å². The second kappa shape index (κ2) is 13.9. The minimum Gasteiger partial charge on any atom is -0.497 e. The Morgan fingerprint density at radius 3 is 2.33 bits per heavy atom. The number of nitrogens with zero attached hydrogens (tertiary/aromatic N) is 4. The lowest BCUT2D eigenvalue weighted by Gasteiger charge is -2.40. The second-order valence-corrected chi connectivity index (χ2v) is 13.1. The summed E-state index contributed by atoms with van der Waals surface area (Å²) >= 11 is 6.36. The van der Waals surface area contributed by atoms with Gasteiger partial charge in [0.25, 0.3) is 0 Å². The van der Waals surface area contributed by atoms with Crippen molar-refractivity contribution in [2.45, 2.75) is 89.3 Å². The fourth-order valence-electron chi connectivity index (χ4n) is 7.75. The molecule has 232 valence electrons. The third-order valence-electron chi connectivity index (χ3n) is 10.00. The predicted molar refractivity (Wildman–Crippen MR) is 173 cm³/mol. The van der Waals surface area contributed by atoms with Crippen LogP contribution in [0, 0.1) is 5.92 Å². The Balaban J connectivity index is 1.37. The van der Waals surface area contributed by atoms with Crippen LogP contribution in [0.3, 0.4) is 0 Å². The van der Waals surface area contributed by atoms with Crippen LogP contribution >= 0.6 is 11.6 Å². The number of piperidine rings is 1. The zero-order valence-corrected chi connectivity index (χ0v) is 26.6. The Labute approximate surface area is 262 Å². The van der Waals surface area contributed by atoms with E-state index in [4.69, 9.17) is 26.1 Å². The molecule has 2 atom stereocenters. The fourth-order valence-corrected chi connectivity index (χ4v) is 7.88. The molecule has 2 aromatic rings. The molecule has 8 heteroatoms. The predicted octanol–water partition coefficient (Wildman–Crippen LogP) is 7.57. The fraction of sp³-hybridized carbons (Fsp3) is 0.600. The van der Waals surface area contributed by atoms with Crippen molar-refractivity contribution < 1.29 is 14.3 Å². The number of hydrogen-bond donors (Lipinski definition) is 0. The smallest absolute Gasteiger partial charge is 0.326 e. The van der Waals surface area contributed by atoms with Gasteiger partial charge in [0, 0.05) is 30.2 Å². The van der Waals surface area contributed by atoms with E-state index in [1.165, 1.54) is 58.0 Å². The molecule has 0 bridgehead atoms. The molecule has 4 aliphatic rings. The summed E-state index contributed by atoms with van der Waals surface area (Å²) in [5.74, 6) is 2.74. The van der Waals surface area contributed by atoms with Gasteiger partial charge in [-0.15, -0.1) is 0 Å². The Morgan fingerprint density at radius 2 is 1.65 bits per heavy atom. The first-order chi connectivity index (χ1) is 21.1. The molecule has 3 heterocycles. The molecule has 7 nitrogen and oxygen atoms in total. The number of likely N-dealkylation sites (tertiary alicyclic amines) is 2. The Morgan fingerprint density at radius 1 is 0.930 bits per heavy atom. The van der Waals surface area contributed by atoms with E-state index >= 15 is 0 Å². The number of carbonyl (C=O) groups excluding carboxylic acids is 1. The largest absolute Gasteiger partial charge is 0.497 e. The monoisotopic (exact) mass is 606 g/mol. The zero-order valence-electron chi connectivity index (χ0n) is 25.8. The highest BCUT2D eigenvalue weighted by Gasteiger charge is 2.45. The molecule has 0 radical (unpaired) electrons. The van der Waals surface area contributed by atoms with Crippen LogP contribution in [0.1, 0.15) is 88.3 Å².